The van der Waals surface area contributed by atoms with E-state index in [1.54, 1.807) is 6.20 Å². The molecule has 2 N–H and O–H groups in total. The first-order valence-corrected chi connectivity index (χ1v) is 14.5. The largest absolute Gasteiger partial charge is 0.461 e. The van der Waals surface area contributed by atoms with Crippen molar-refractivity contribution < 1.29 is 29.0 Å². The third-order valence-corrected chi connectivity index (χ3v) is 6.46. The van der Waals surface area contributed by atoms with E-state index >= 15 is 0 Å². The highest BCUT2D eigenvalue weighted by Gasteiger charge is 2.27. The fraction of sp³-hybridized carbons (Fsp3) is 0.828. The van der Waals surface area contributed by atoms with Crippen molar-refractivity contribution in [1.82, 2.24) is 15.1 Å². The molecule has 1 fully saturated rings. The zero-order valence-corrected chi connectivity index (χ0v) is 24.7. The molecule has 1 saturated heterocycles. The summed E-state index contributed by atoms with van der Waals surface area (Å²) in [5, 5.41) is 10.8. The monoisotopic (exact) mass is 541 g/mol. The molecule has 1 rings (SSSR count). The number of unbranched alkanes of at least 4 members (excludes halogenated alkanes) is 8. The second kappa shape index (κ2) is 24.1. The summed E-state index contributed by atoms with van der Waals surface area (Å²) in [5.74, 6) is -0.906. The van der Waals surface area contributed by atoms with E-state index < -0.39 is 18.5 Å². The minimum atomic E-state index is -0.498. The Morgan fingerprint density at radius 1 is 0.974 bits per heavy atom. The molecule has 0 spiro atoms. The molecule has 38 heavy (non-hydrogen) atoms. The highest BCUT2D eigenvalue weighted by atomic mass is 16.6. The summed E-state index contributed by atoms with van der Waals surface area (Å²) in [6.45, 7) is 4.82. The molecule has 0 aromatic carbocycles. The number of hydrogen-bond acceptors (Lipinski definition) is 8. The van der Waals surface area contributed by atoms with E-state index in [4.69, 9.17) is 14.6 Å². The number of hydrogen-bond donors (Lipinski definition) is 2. The normalized spacial score (nSPS) is 17.7. The van der Waals surface area contributed by atoms with Crippen molar-refractivity contribution >= 4 is 18.3 Å². The Balaban J connectivity index is 0.000000724. The molecule has 1 heterocycles. The average molecular weight is 542 g/mol. The summed E-state index contributed by atoms with van der Waals surface area (Å²) < 4.78 is 11.2. The van der Waals surface area contributed by atoms with Gasteiger partial charge in [0.05, 0.1) is 6.10 Å². The smallest absolute Gasteiger partial charge is 0.332 e. The maximum absolute atomic E-state index is 11.2. The minimum absolute atomic E-state index is 0.00442. The molecule has 0 saturated carbocycles. The number of carbonyl (C=O) groups is 3. The van der Waals surface area contributed by atoms with E-state index in [0.717, 1.165) is 45.1 Å². The summed E-state index contributed by atoms with van der Waals surface area (Å²) in [7, 11) is 5.89. The quantitative estimate of drug-likeness (QED) is 0.101. The molecule has 0 radical (unpaired) electrons. The summed E-state index contributed by atoms with van der Waals surface area (Å²) in [4.78, 5) is 36.3. The van der Waals surface area contributed by atoms with Gasteiger partial charge in [0.25, 0.3) is 5.91 Å². The molecule has 9 heteroatoms. The third-order valence-electron chi connectivity index (χ3n) is 6.46. The Hall–Kier alpha value is -1.97. The van der Waals surface area contributed by atoms with Gasteiger partial charge in [-0.25, -0.2) is 4.79 Å². The summed E-state index contributed by atoms with van der Waals surface area (Å²) in [5.41, 5.74) is 0. The van der Waals surface area contributed by atoms with Crippen LogP contribution >= 0.6 is 0 Å². The topological polar surface area (TPSA) is 108 Å². The van der Waals surface area contributed by atoms with E-state index in [9.17, 15) is 14.4 Å². The van der Waals surface area contributed by atoms with Crippen molar-refractivity contribution in [1.29, 1.82) is 0 Å². The number of aliphatic hydroxyl groups is 1. The van der Waals surface area contributed by atoms with Gasteiger partial charge < -0.3 is 24.4 Å². The molecule has 1 aliphatic rings. The molecular weight excluding hydrogens is 486 g/mol. The number of aliphatic hydroxyl groups excluding tert-OH is 1. The van der Waals surface area contributed by atoms with Gasteiger partial charge in [-0.15, -0.1) is 0 Å². The maximum atomic E-state index is 11.2. The molecule has 0 bridgehead atoms. The van der Waals surface area contributed by atoms with Gasteiger partial charge in [-0.05, 0) is 52.6 Å². The molecule has 9 nitrogen and oxygen atoms in total. The van der Waals surface area contributed by atoms with Gasteiger partial charge in [-0.3, -0.25) is 14.9 Å². The van der Waals surface area contributed by atoms with Crippen LogP contribution in [-0.2, 0) is 23.9 Å². The van der Waals surface area contributed by atoms with Crippen LogP contribution in [0.5, 0.6) is 0 Å². The second-order valence-corrected chi connectivity index (χ2v) is 10.3. The van der Waals surface area contributed by atoms with Crippen molar-refractivity contribution in [2.24, 2.45) is 0 Å². The van der Waals surface area contributed by atoms with Crippen LogP contribution in [-0.4, -0.2) is 85.9 Å². The zero-order chi connectivity index (χ0) is 28.6. The summed E-state index contributed by atoms with van der Waals surface area (Å²) >= 11 is 0. The standard InChI is InChI=1S/C17H34O3.C12H21N3O3/c1-3-5-7-9-10-12-14-16(20-17(19)15-18)13-11-8-6-4-2;1-14(2)8-10-4-5-12(18-10)15(3)7-6-11(17)13-9-16/h16,18H,3-15H2,1-2H3;6-7,9-10,12H,4-5,8H2,1-3H3,(H,13,16,17)/b;7-6-. The fourth-order valence-corrected chi connectivity index (χ4v) is 4.35. The lowest BCUT2D eigenvalue weighted by Crippen LogP contribution is -2.31. The summed E-state index contributed by atoms with van der Waals surface area (Å²) in [6, 6.07) is 0. The van der Waals surface area contributed by atoms with Crippen LogP contribution in [0.3, 0.4) is 0 Å². The number of carbonyl (C=O) groups excluding carboxylic acids is 3. The number of imide groups is 1. The molecule has 222 valence electrons. The number of esters is 1. The minimum Gasteiger partial charge on any atom is -0.461 e. The number of rotatable bonds is 20. The lowest BCUT2D eigenvalue weighted by Gasteiger charge is -2.23. The molecule has 1 aliphatic heterocycles. The Morgan fingerprint density at radius 3 is 2.11 bits per heavy atom. The zero-order valence-electron chi connectivity index (χ0n) is 24.7. The predicted molar refractivity (Wildman–Crippen MR) is 151 cm³/mol. The van der Waals surface area contributed by atoms with Crippen molar-refractivity contribution in [3.8, 4) is 0 Å². The van der Waals surface area contributed by atoms with Crippen LogP contribution in [0.4, 0.5) is 0 Å². The van der Waals surface area contributed by atoms with E-state index in [1.807, 2.05) is 31.4 Å². The summed E-state index contributed by atoms with van der Waals surface area (Å²) in [6.07, 6.45) is 19.7. The number of nitrogens with one attached hydrogen (secondary N) is 1. The van der Waals surface area contributed by atoms with Crippen LogP contribution in [0.1, 0.15) is 104 Å². The molecule has 0 aromatic rings. The Bertz CT molecular complexity index is 644. The van der Waals surface area contributed by atoms with E-state index in [2.05, 4.69) is 18.7 Å². The van der Waals surface area contributed by atoms with E-state index in [1.165, 1.54) is 57.4 Å². The van der Waals surface area contributed by atoms with Crippen LogP contribution in [0.2, 0.25) is 0 Å². The Morgan fingerprint density at radius 2 is 1.55 bits per heavy atom. The van der Waals surface area contributed by atoms with Crippen molar-refractivity contribution in [3.63, 3.8) is 0 Å². The first-order valence-electron chi connectivity index (χ1n) is 14.5. The Kier molecular flexibility index (Phi) is 22.8. The molecule has 0 aliphatic carbocycles. The maximum Gasteiger partial charge on any atom is 0.332 e. The van der Waals surface area contributed by atoms with Gasteiger partial charge in [0.1, 0.15) is 18.9 Å². The number of nitrogens with zero attached hydrogens (tertiary/aromatic N) is 2. The number of likely N-dealkylation sites (N-methyl/N-ethyl adjacent to an activating group) is 1. The van der Waals surface area contributed by atoms with Crippen molar-refractivity contribution in [2.75, 3.05) is 34.3 Å². The second-order valence-electron chi connectivity index (χ2n) is 10.3. The lowest BCUT2D eigenvalue weighted by atomic mass is 10.0. The van der Waals surface area contributed by atoms with Crippen molar-refractivity contribution in [2.45, 2.75) is 122 Å². The molecule has 3 unspecified atom stereocenters. The Labute approximate surface area is 231 Å². The molecule has 3 atom stereocenters. The van der Waals surface area contributed by atoms with Crippen molar-refractivity contribution in [3.05, 3.63) is 12.3 Å². The molecule has 2 amide bonds. The van der Waals surface area contributed by atoms with Gasteiger partial charge in [0, 0.05) is 25.9 Å². The van der Waals surface area contributed by atoms with Crippen LogP contribution in [0.25, 0.3) is 0 Å². The third kappa shape index (κ3) is 20.1. The van der Waals surface area contributed by atoms with Gasteiger partial charge >= 0.3 is 5.97 Å². The van der Waals surface area contributed by atoms with Gasteiger partial charge in [0.2, 0.25) is 6.41 Å². The van der Waals surface area contributed by atoms with Gasteiger partial charge in [-0.2, -0.15) is 0 Å². The average Bonchev–Trinajstić information content (AvgIpc) is 3.35. The van der Waals surface area contributed by atoms with Crippen LogP contribution in [0, 0.1) is 0 Å². The number of amides is 2. The lowest BCUT2D eigenvalue weighted by molar-refractivity contribution is -0.153. The SMILES string of the molecule is CCCCCCCCC(CCCCCC)OC(=O)CO.CN(C)CC1CCC(N(C)/C=C\C(=O)NC=O)O1. The molecular formula is C29H55N3O6. The van der Waals surface area contributed by atoms with Crippen LogP contribution < -0.4 is 5.32 Å². The first kappa shape index (κ1) is 36.0. The van der Waals surface area contributed by atoms with Gasteiger partial charge in [0.15, 0.2) is 0 Å². The molecule has 0 aromatic heterocycles. The predicted octanol–water partition coefficient (Wildman–Crippen LogP) is 4.38. The van der Waals surface area contributed by atoms with Gasteiger partial charge in [-0.1, -0.05) is 65.2 Å². The van der Waals surface area contributed by atoms with Crippen LogP contribution in [0.15, 0.2) is 12.3 Å². The first-order chi connectivity index (χ1) is 18.3. The van der Waals surface area contributed by atoms with E-state index in [-0.39, 0.29) is 18.4 Å². The van der Waals surface area contributed by atoms with E-state index in [0.29, 0.717) is 6.41 Å². The highest BCUT2D eigenvalue weighted by molar-refractivity contribution is 5.94. The number of ether oxygens (including phenoxy) is 2. The fourth-order valence-electron chi connectivity index (χ4n) is 4.35. The highest BCUT2D eigenvalue weighted by Crippen LogP contribution is 2.22.